The van der Waals surface area contributed by atoms with Crippen molar-refractivity contribution < 1.29 is 14.1 Å². The topological polar surface area (TPSA) is 52.4 Å². The van der Waals surface area contributed by atoms with E-state index in [2.05, 4.69) is 29.8 Å². The summed E-state index contributed by atoms with van der Waals surface area (Å²) < 4.78 is 18.8. The molecule has 1 aromatic carbocycles. The first-order valence-electron chi connectivity index (χ1n) is 7.56. The Bertz CT molecular complexity index is 502. The molecule has 1 fully saturated rings. The molecule has 124 valence electrons. The van der Waals surface area contributed by atoms with Gasteiger partial charge in [-0.05, 0) is 45.1 Å². The fraction of sp³-hybridized carbons (Fsp3) is 0.625. The molecule has 0 amide bonds. The molecule has 0 radical (unpaired) electrons. The highest BCUT2D eigenvalue weighted by Gasteiger charge is 2.17. The molecular formula is C16H23BrFNO3. The summed E-state index contributed by atoms with van der Waals surface area (Å²) in [4.78, 5) is 9.74. The molecule has 22 heavy (non-hydrogen) atoms. The van der Waals surface area contributed by atoms with Crippen molar-refractivity contribution in [2.75, 3.05) is 6.61 Å². The number of benzene rings is 1. The molecule has 2 atom stereocenters. The minimum atomic E-state index is -0.608. The third-order valence-corrected chi connectivity index (χ3v) is 4.23. The van der Waals surface area contributed by atoms with E-state index >= 15 is 0 Å². The molecule has 0 bridgehead atoms. The number of hydrogen-bond acceptors (Lipinski definition) is 3. The van der Waals surface area contributed by atoms with E-state index in [1.165, 1.54) is 44.7 Å². The summed E-state index contributed by atoms with van der Waals surface area (Å²) in [6.07, 6.45) is 5.84. The lowest BCUT2D eigenvalue weighted by Gasteiger charge is -2.26. The van der Waals surface area contributed by atoms with E-state index in [0.29, 0.717) is 10.6 Å². The maximum atomic E-state index is 12.9. The Kier molecular flexibility index (Phi) is 7.96. The van der Waals surface area contributed by atoms with E-state index < -0.39 is 10.7 Å². The average molecular weight is 376 g/mol. The molecule has 1 aromatic rings. The fourth-order valence-corrected chi connectivity index (χ4v) is 2.81. The number of rotatable bonds is 3. The standard InChI is InChI=1S/C9H18O.C7H5BrFNO2/c1-3-4-9-6-5-8(2)10-7-9;1-4-6(9)2-5(8)3-7(4)10(11)12/h8-9H,3-7H2,1-2H3;2-3H,1H3. The van der Waals surface area contributed by atoms with Gasteiger partial charge in [-0.25, -0.2) is 4.39 Å². The lowest BCUT2D eigenvalue weighted by Crippen LogP contribution is -2.23. The Morgan fingerprint density at radius 3 is 2.64 bits per heavy atom. The number of nitro benzene ring substituents is 1. The monoisotopic (exact) mass is 375 g/mol. The van der Waals surface area contributed by atoms with Gasteiger partial charge in [0.2, 0.25) is 0 Å². The van der Waals surface area contributed by atoms with Crippen LogP contribution in [0.4, 0.5) is 10.1 Å². The molecule has 2 rings (SSSR count). The first-order chi connectivity index (χ1) is 10.3. The molecule has 1 saturated heterocycles. The second-order valence-corrected chi connectivity index (χ2v) is 6.58. The first kappa shape index (κ1) is 19.0. The maximum Gasteiger partial charge on any atom is 0.276 e. The predicted octanol–water partition coefficient (Wildman–Crippen LogP) is 5.41. The zero-order chi connectivity index (χ0) is 16.7. The van der Waals surface area contributed by atoms with Crippen LogP contribution in [0.25, 0.3) is 0 Å². The number of halogens is 2. The van der Waals surface area contributed by atoms with Crippen LogP contribution >= 0.6 is 15.9 Å². The van der Waals surface area contributed by atoms with Crippen molar-refractivity contribution in [1.29, 1.82) is 0 Å². The Labute approximate surface area is 139 Å². The second-order valence-electron chi connectivity index (χ2n) is 5.66. The summed E-state index contributed by atoms with van der Waals surface area (Å²) in [5.41, 5.74) is -0.148. The van der Waals surface area contributed by atoms with E-state index in [-0.39, 0.29) is 11.3 Å². The van der Waals surface area contributed by atoms with Crippen LogP contribution in [-0.4, -0.2) is 17.6 Å². The van der Waals surface area contributed by atoms with Crippen LogP contribution < -0.4 is 0 Å². The van der Waals surface area contributed by atoms with E-state index in [1.54, 1.807) is 0 Å². The maximum absolute atomic E-state index is 12.9. The van der Waals surface area contributed by atoms with E-state index in [9.17, 15) is 14.5 Å². The molecule has 1 heterocycles. The number of ether oxygens (including phenoxy) is 1. The normalized spacial score (nSPS) is 21.0. The molecule has 0 N–H and O–H groups in total. The molecular weight excluding hydrogens is 353 g/mol. The highest BCUT2D eigenvalue weighted by atomic mass is 79.9. The van der Waals surface area contributed by atoms with Gasteiger partial charge in [0, 0.05) is 17.1 Å². The van der Waals surface area contributed by atoms with Crippen LogP contribution in [-0.2, 0) is 4.74 Å². The van der Waals surface area contributed by atoms with Crippen LogP contribution in [0, 0.1) is 28.8 Å². The van der Waals surface area contributed by atoms with Gasteiger partial charge in [0.05, 0.1) is 16.6 Å². The van der Waals surface area contributed by atoms with Crippen molar-refractivity contribution in [3.63, 3.8) is 0 Å². The van der Waals surface area contributed by atoms with Gasteiger partial charge < -0.3 is 4.74 Å². The molecule has 0 aliphatic carbocycles. The van der Waals surface area contributed by atoms with E-state index in [4.69, 9.17) is 4.74 Å². The number of hydrogen-bond donors (Lipinski definition) is 0. The molecule has 0 spiro atoms. The molecule has 0 saturated carbocycles. The molecule has 4 nitrogen and oxygen atoms in total. The van der Waals surface area contributed by atoms with E-state index in [1.807, 2.05) is 0 Å². The van der Waals surface area contributed by atoms with Gasteiger partial charge in [0.1, 0.15) is 5.82 Å². The zero-order valence-corrected chi connectivity index (χ0v) is 14.9. The molecule has 2 unspecified atom stereocenters. The van der Waals surface area contributed by atoms with Gasteiger partial charge in [-0.15, -0.1) is 0 Å². The highest BCUT2D eigenvalue weighted by molar-refractivity contribution is 9.10. The summed E-state index contributed by atoms with van der Waals surface area (Å²) in [7, 11) is 0. The Morgan fingerprint density at radius 2 is 2.14 bits per heavy atom. The molecule has 1 aliphatic heterocycles. The van der Waals surface area contributed by atoms with Crippen molar-refractivity contribution in [3.8, 4) is 0 Å². The Balaban J connectivity index is 0.000000224. The van der Waals surface area contributed by atoms with Gasteiger partial charge >= 0.3 is 0 Å². The van der Waals surface area contributed by atoms with Crippen LogP contribution in [0.1, 0.15) is 45.1 Å². The number of nitro groups is 1. The van der Waals surface area contributed by atoms with Crippen LogP contribution in [0.5, 0.6) is 0 Å². The zero-order valence-electron chi connectivity index (χ0n) is 13.3. The third-order valence-electron chi connectivity index (χ3n) is 3.77. The van der Waals surface area contributed by atoms with Crippen molar-refractivity contribution in [3.05, 3.63) is 38.1 Å². The summed E-state index contributed by atoms with van der Waals surface area (Å²) >= 11 is 2.97. The van der Waals surface area contributed by atoms with Crippen molar-refractivity contribution in [1.82, 2.24) is 0 Å². The fourth-order valence-electron chi connectivity index (χ4n) is 2.40. The minimum absolute atomic E-state index is 0.0585. The Hall–Kier alpha value is -1.01. The average Bonchev–Trinajstić information content (AvgIpc) is 2.46. The van der Waals surface area contributed by atoms with Crippen molar-refractivity contribution >= 4 is 21.6 Å². The highest BCUT2D eigenvalue weighted by Crippen LogP contribution is 2.25. The second kappa shape index (κ2) is 9.20. The van der Waals surface area contributed by atoms with Crippen LogP contribution in [0.3, 0.4) is 0 Å². The lowest BCUT2D eigenvalue weighted by molar-refractivity contribution is -0.385. The SMILES string of the molecule is CCCC1CCC(C)OC1.Cc1c(F)cc(Br)cc1[N+](=O)[O-]. The molecule has 1 aliphatic rings. The van der Waals surface area contributed by atoms with E-state index in [0.717, 1.165) is 12.5 Å². The summed E-state index contributed by atoms with van der Waals surface area (Å²) in [5.74, 6) is 0.289. The van der Waals surface area contributed by atoms with Crippen molar-refractivity contribution in [2.24, 2.45) is 5.92 Å². The quantitative estimate of drug-likeness (QED) is 0.524. The van der Waals surface area contributed by atoms with Gasteiger partial charge in [0.15, 0.2) is 0 Å². The van der Waals surface area contributed by atoms with Crippen LogP contribution in [0.15, 0.2) is 16.6 Å². The third kappa shape index (κ3) is 6.01. The van der Waals surface area contributed by atoms with Crippen LogP contribution in [0.2, 0.25) is 0 Å². The first-order valence-corrected chi connectivity index (χ1v) is 8.36. The van der Waals surface area contributed by atoms with Gasteiger partial charge in [-0.3, -0.25) is 10.1 Å². The van der Waals surface area contributed by atoms with Crippen molar-refractivity contribution in [2.45, 2.75) is 52.6 Å². The lowest BCUT2D eigenvalue weighted by atomic mass is 9.95. The minimum Gasteiger partial charge on any atom is -0.378 e. The predicted molar refractivity (Wildman–Crippen MR) is 88.5 cm³/mol. The smallest absolute Gasteiger partial charge is 0.276 e. The molecule has 6 heteroatoms. The largest absolute Gasteiger partial charge is 0.378 e. The number of nitrogens with zero attached hydrogens (tertiary/aromatic N) is 1. The summed E-state index contributed by atoms with van der Waals surface area (Å²) in [5, 5.41) is 10.3. The Morgan fingerprint density at radius 1 is 1.45 bits per heavy atom. The van der Waals surface area contributed by atoms with Gasteiger partial charge in [-0.2, -0.15) is 0 Å². The summed E-state index contributed by atoms with van der Waals surface area (Å²) in [6.45, 7) is 6.80. The van der Waals surface area contributed by atoms with Gasteiger partial charge in [-0.1, -0.05) is 29.3 Å². The summed E-state index contributed by atoms with van der Waals surface area (Å²) in [6, 6.07) is 2.47. The molecule has 0 aromatic heterocycles. The van der Waals surface area contributed by atoms with Gasteiger partial charge in [0.25, 0.3) is 5.69 Å².